The molecule has 2 fully saturated rings. The number of hydrogen-bond donors (Lipinski definition) is 11. The number of aliphatic hydroxyl groups is 1. The second kappa shape index (κ2) is 29.6. The lowest BCUT2D eigenvalue weighted by Gasteiger charge is -2.33. The van der Waals surface area contributed by atoms with Crippen LogP contribution in [0.25, 0.3) is 10.9 Å². The van der Waals surface area contributed by atoms with E-state index < -0.39 is 120 Å². The van der Waals surface area contributed by atoms with E-state index >= 15 is 0 Å². The lowest BCUT2D eigenvalue weighted by Crippen LogP contribution is -2.61. The van der Waals surface area contributed by atoms with Gasteiger partial charge in [-0.1, -0.05) is 79.0 Å². The maximum absolute atomic E-state index is 14.6. The van der Waals surface area contributed by atoms with E-state index in [4.69, 9.17) is 17.2 Å². The third-order valence-corrected chi connectivity index (χ3v) is 14.6. The number of aromatic nitrogens is 1. The molecule has 2 aromatic rings. The summed E-state index contributed by atoms with van der Waals surface area (Å²) in [6, 6.07) is -3.22. The molecule has 0 radical (unpaired) electrons. The van der Waals surface area contributed by atoms with Crippen LogP contribution >= 0.6 is 0 Å². The minimum Gasteiger partial charge on any atom is -0.394 e. The van der Waals surface area contributed by atoms with E-state index in [1.54, 1.807) is 52.1 Å². The predicted octanol–water partition coefficient (Wildman–Crippen LogP) is -0.738. The number of H-pyrrole nitrogens is 1. The molecule has 4 rings (SSSR count). The van der Waals surface area contributed by atoms with Gasteiger partial charge in [0, 0.05) is 43.0 Å². The third-order valence-electron chi connectivity index (χ3n) is 14.6. The van der Waals surface area contributed by atoms with E-state index in [9.17, 15) is 53.1 Å². The average molecular weight is 1050 g/mol. The van der Waals surface area contributed by atoms with Crippen molar-refractivity contribution in [2.24, 2.45) is 35.0 Å². The number of carbonyl (C=O) groups is 10. The van der Waals surface area contributed by atoms with Crippen LogP contribution in [0.4, 0.5) is 0 Å². The number of fused-ring (bicyclic) bond motifs is 1. The number of nitrogens with zero attached hydrogens (tertiary/aromatic N) is 2. The molecule has 14 N–H and O–H groups in total. The van der Waals surface area contributed by atoms with E-state index in [2.05, 4.69) is 36.9 Å². The van der Waals surface area contributed by atoms with Crippen molar-refractivity contribution in [1.82, 2.24) is 46.7 Å². The predicted molar refractivity (Wildman–Crippen MR) is 279 cm³/mol. The zero-order valence-electron chi connectivity index (χ0n) is 44.4. The lowest BCUT2D eigenvalue weighted by atomic mass is 9.96. The molecule has 3 heterocycles. The van der Waals surface area contributed by atoms with Crippen molar-refractivity contribution in [2.75, 3.05) is 26.2 Å². The highest BCUT2D eigenvalue weighted by Crippen LogP contribution is 2.25. The number of benzene rings is 1. The Morgan fingerprint density at radius 2 is 1.25 bits per heavy atom. The number of nitrogens with one attached hydrogen (secondary N) is 7. The second-order valence-corrected chi connectivity index (χ2v) is 20.4. The van der Waals surface area contributed by atoms with E-state index in [0.29, 0.717) is 75.1 Å². The first-order valence-corrected chi connectivity index (χ1v) is 26.5. The van der Waals surface area contributed by atoms with Gasteiger partial charge in [-0.15, -0.1) is 0 Å². The SMILES string of the molecule is CC[C@H](C)[C@H](NC(=O)[C@H](CCC(N)=O)NC(=O)[C@H](Cc1c[nH]c2ccccc12)NC(=O)[C@H](CO)NC(=O)[C@@H]1CCCN1C(=O)[C@@H](NC(=O)[C@@H](N)CCCCN)[C@@H](C)CC)C(=O)N1CCC[C@H]1C(=O)N[C@H](C=O)C(C)C. The number of aldehydes is 1. The summed E-state index contributed by atoms with van der Waals surface area (Å²) in [5.74, 6) is -7.34. The maximum Gasteiger partial charge on any atom is 0.246 e. The summed E-state index contributed by atoms with van der Waals surface area (Å²) in [6.45, 7) is 10.7. The van der Waals surface area contributed by atoms with Gasteiger partial charge < -0.3 is 73.8 Å². The first kappa shape index (κ1) is 61.1. The molecule has 9 amide bonds. The number of carbonyl (C=O) groups excluding carboxylic acids is 10. The number of unbranched alkanes of at least 4 members (excludes halogenated alkanes) is 1. The molecule has 1 aromatic heterocycles. The zero-order chi connectivity index (χ0) is 55.5. The van der Waals surface area contributed by atoms with Crippen molar-refractivity contribution in [3.8, 4) is 0 Å². The van der Waals surface area contributed by atoms with Crippen molar-refractivity contribution < 1.29 is 53.1 Å². The van der Waals surface area contributed by atoms with Crippen molar-refractivity contribution in [3.63, 3.8) is 0 Å². The van der Waals surface area contributed by atoms with Crippen LogP contribution in [0.5, 0.6) is 0 Å². The molecule has 1 aromatic carbocycles. The van der Waals surface area contributed by atoms with Crippen LogP contribution in [0.2, 0.25) is 0 Å². The van der Waals surface area contributed by atoms with Crippen LogP contribution < -0.4 is 49.1 Å². The maximum atomic E-state index is 14.6. The zero-order valence-corrected chi connectivity index (χ0v) is 44.4. The number of aliphatic hydroxyl groups excluding tert-OH is 1. The highest BCUT2D eigenvalue weighted by Gasteiger charge is 2.43. The Morgan fingerprint density at radius 1 is 0.720 bits per heavy atom. The minimum absolute atomic E-state index is 0.170. The number of para-hydroxylation sites is 1. The van der Waals surface area contributed by atoms with E-state index in [1.165, 1.54) is 9.80 Å². The molecule has 0 saturated carbocycles. The minimum atomic E-state index is -1.63. The third kappa shape index (κ3) is 16.8. The van der Waals surface area contributed by atoms with Gasteiger partial charge in [-0.2, -0.15) is 0 Å². The summed E-state index contributed by atoms with van der Waals surface area (Å²) in [4.78, 5) is 142. The van der Waals surface area contributed by atoms with Gasteiger partial charge in [-0.3, -0.25) is 43.2 Å². The van der Waals surface area contributed by atoms with Gasteiger partial charge in [-0.05, 0) is 80.9 Å². The molecule has 0 unspecified atom stereocenters. The summed E-state index contributed by atoms with van der Waals surface area (Å²) in [5, 5.41) is 27.4. The van der Waals surface area contributed by atoms with Crippen molar-refractivity contribution in [3.05, 3.63) is 36.0 Å². The molecule has 2 saturated heterocycles. The highest BCUT2D eigenvalue weighted by molar-refractivity contribution is 5.99. The molecule has 75 heavy (non-hydrogen) atoms. The fourth-order valence-electron chi connectivity index (χ4n) is 9.39. The van der Waals surface area contributed by atoms with Gasteiger partial charge in [0.15, 0.2) is 0 Å². The Morgan fingerprint density at radius 3 is 1.79 bits per heavy atom. The van der Waals surface area contributed by atoms with Gasteiger partial charge in [0.25, 0.3) is 0 Å². The molecule has 0 aliphatic carbocycles. The fraction of sp³-hybridized carbons (Fsp3) is 0.654. The Labute approximate surface area is 439 Å². The molecule has 23 nitrogen and oxygen atoms in total. The summed E-state index contributed by atoms with van der Waals surface area (Å²) < 4.78 is 0. The summed E-state index contributed by atoms with van der Waals surface area (Å²) in [5.41, 5.74) is 18.6. The molecule has 23 heteroatoms. The van der Waals surface area contributed by atoms with Gasteiger partial charge in [-0.25, -0.2) is 0 Å². The van der Waals surface area contributed by atoms with Gasteiger partial charge in [0.2, 0.25) is 53.2 Å². The largest absolute Gasteiger partial charge is 0.394 e. The van der Waals surface area contributed by atoms with Crippen LogP contribution in [-0.2, 0) is 54.4 Å². The van der Waals surface area contributed by atoms with E-state index in [-0.39, 0.29) is 50.6 Å². The van der Waals surface area contributed by atoms with Crippen LogP contribution in [0.3, 0.4) is 0 Å². The first-order chi connectivity index (χ1) is 35.7. The number of likely N-dealkylation sites (tertiary alicyclic amines) is 2. The Kier molecular flexibility index (Phi) is 24.1. The number of rotatable bonds is 30. The molecular weight excluding hydrogens is 969 g/mol. The smallest absolute Gasteiger partial charge is 0.246 e. The number of hydrogen-bond acceptors (Lipinski definition) is 13. The monoisotopic (exact) mass is 1050 g/mol. The molecule has 2 aliphatic heterocycles. The summed E-state index contributed by atoms with van der Waals surface area (Å²) in [6.07, 6.45) is 5.52. The molecule has 416 valence electrons. The van der Waals surface area contributed by atoms with Crippen molar-refractivity contribution in [2.45, 2.75) is 173 Å². The molecule has 0 spiro atoms. The molecular formula is C52H82N12O11. The Balaban J connectivity index is 1.58. The summed E-state index contributed by atoms with van der Waals surface area (Å²) >= 11 is 0. The van der Waals surface area contributed by atoms with Crippen LogP contribution in [0.1, 0.15) is 118 Å². The van der Waals surface area contributed by atoms with Crippen molar-refractivity contribution in [1.29, 1.82) is 0 Å². The number of primary amides is 1. The number of aromatic amines is 1. The number of amides is 9. The van der Waals surface area contributed by atoms with Crippen LogP contribution in [0, 0.1) is 17.8 Å². The summed E-state index contributed by atoms with van der Waals surface area (Å²) in [7, 11) is 0. The quantitative estimate of drug-likeness (QED) is 0.0340. The van der Waals surface area contributed by atoms with Crippen molar-refractivity contribution >= 4 is 70.4 Å². The topological polar surface area (TPSA) is 363 Å². The Hall–Kier alpha value is -6.46. The standard InChI is InChI=1S/C52H82N12O11/c1-7-30(5)43(61-45(68)34(54)16-11-12-22-53)51(74)64-24-14-19-41(64)50(73)60-39(28-66)48(71)58-37(25-32-26-56-35-17-10-9-15-33(32)35)47(70)57-36(20-21-42(55)67)46(69)62-44(31(6)8-2)52(75)63-23-13-18-40(63)49(72)59-38(27-65)29(3)4/h9-10,15,17,26-27,29-31,34,36-41,43-44,56,66H,7-8,11-14,16,18-25,28,53-54H2,1-6H3,(H2,55,67)(H,57,70)(H,58,71)(H,59,72)(H,60,73)(H,61,68)(H,62,69)/t30-,31-,34-,36-,37-,38+,39-,40-,41-,43-,44-/m0/s1. The lowest BCUT2D eigenvalue weighted by molar-refractivity contribution is -0.143. The van der Waals surface area contributed by atoms with E-state index in [1.807, 2.05) is 19.9 Å². The van der Waals surface area contributed by atoms with Gasteiger partial charge >= 0.3 is 0 Å². The van der Waals surface area contributed by atoms with Gasteiger partial charge in [0.1, 0.15) is 48.6 Å². The second-order valence-electron chi connectivity index (χ2n) is 20.4. The molecule has 2 aliphatic rings. The fourth-order valence-corrected chi connectivity index (χ4v) is 9.39. The van der Waals surface area contributed by atoms with Crippen LogP contribution in [0.15, 0.2) is 30.5 Å². The van der Waals surface area contributed by atoms with E-state index in [0.717, 1.165) is 5.52 Å². The van der Waals surface area contributed by atoms with Crippen LogP contribution in [-0.4, -0.2) is 160 Å². The van der Waals surface area contributed by atoms with Gasteiger partial charge in [0.05, 0.1) is 18.7 Å². The molecule has 0 bridgehead atoms. The highest BCUT2D eigenvalue weighted by atomic mass is 16.3. The Bertz CT molecular complexity index is 2310. The average Bonchev–Trinajstić information content (AvgIpc) is 4.19. The number of nitrogens with two attached hydrogens (primary N) is 3. The first-order valence-electron chi connectivity index (χ1n) is 26.5. The normalized spacial score (nSPS) is 19.1. The molecule has 11 atom stereocenters.